The summed E-state index contributed by atoms with van der Waals surface area (Å²) in [6, 6.07) is 15.0. The van der Waals surface area contributed by atoms with E-state index in [1.54, 1.807) is 31.2 Å². The van der Waals surface area contributed by atoms with Crippen molar-refractivity contribution in [2.24, 2.45) is 0 Å². The first-order chi connectivity index (χ1) is 11.5. The summed E-state index contributed by atoms with van der Waals surface area (Å²) in [5.74, 6) is 1.78. The molecule has 0 saturated heterocycles. The molecule has 1 heterocycles. The topological polar surface area (TPSA) is 67.2 Å². The zero-order valence-corrected chi connectivity index (χ0v) is 13.9. The maximum absolute atomic E-state index is 11.9. The lowest BCUT2D eigenvalue weighted by molar-refractivity contribution is 0.436. The number of nitrogens with zero attached hydrogens (tertiary/aromatic N) is 1. The van der Waals surface area contributed by atoms with Gasteiger partial charge in [-0.05, 0) is 54.8 Å². The Balaban J connectivity index is 1.85. The Labute approximate surface area is 140 Å². The fraction of sp³-hybridized carbons (Fsp3) is 0.211. The van der Waals surface area contributed by atoms with E-state index in [4.69, 9.17) is 4.74 Å². The number of aryl methyl sites for hydroxylation is 1. The number of H-pyrrole nitrogens is 1. The van der Waals surface area contributed by atoms with Gasteiger partial charge in [0.2, 0.25) is 5.88 Å². The summed E-state index contributed by atoms with van der Waals surface area (Å²) >= 11 is 0. The van der Waals surface area contributed by atoms with Gasteiger partial charge in [0.15, 0.2) is 0 Å². The standard InChI is InChI=1S/C19H20N2O3/c1-12(2)14-5-4-6-17(11-14)24-16-9-7-15(8-10-16)21-18(22)13(3)20-19(21)23/h4-12,22H,1-3H3,(H,20,23). The first-order valence-electron chi connectivity index (χ1n) is 7.84. The first-order valence-corrected chi connectivity index (χ1v) is 7.84. The van der Waals surface area contributed by atoms with Gasteiger partial charge >= 0.3 is 5.69 Å². The number of rotatable bonds is 4. The molecule has 2 aromatic carbocycles. The van der Waals surface area contributed by atoms with Gasteiger partial charge in [0.05, 0.1) is 11.4 Å². The summed E-state index contributed by atoms with van der Waals surface area (Å²) in [4.78, 5) is 14.4. The lowest BCUT2D eigenvalue weighted by Gasteiger charge is -2.10. The van der Waals surface area contributed by atoms with Crippen LogP contribution in [0.3, 0.4) is 0 Å². The van der Waals surface area contributed by atoms with Crippen LogP contribution in [-0.4, -0.2) is 14.7 Å². The minimum atomic E-state index is -0.372. The second-order valence-electron chi connectivity index (χ2n) is 6.04. The normalized spacial score (nSPS) is 11.0. The van der Waals surface area contributed by atoms with Gasteiger partial charge in [-0.1, -0.05) is 26.0 Å². The van der Waals surface area contributed by atoms with Gasteiger partial charge in [0.1, 0.15) is 11.5 Å². The zero-order chi connectivity index (χ0) is 17.3. The van der Waals surface area contributed by atoms with Crippen LogP contribution < -0.4 is 10.4 Å². The fourth-order valence-electron chi connectivity index (χ4n) is 2.51. The summed E-state index contributed by atoms with van der Waals surface area (Å²) in [5, 5.41) is 9.96. The van der Waals surface area contributed by atoms with Gasteiger partial charge in [-0.15, -0.1) is 0 Å². The number of benzene rings is 2. The molecule has 3 aromatic rings. The molecule has 0 spiro atoms. The molecular formula is C19H20N2O3. The molecule has 0 atom stereocenters. The van der Waals surface area contributed by atoms with E-state index in [1.165, 1.54) is 10.1 Å². The number of ether oxygens (including phenoxy) is 1. The fourth-order valence-corrected chi connectivity index (χ4v) is 2.51. The van der Waals surface area contributed by atoms with Crippen LogP contribution in [0.5, 0.6) is 17.4 Å². The van der Waals surface area contributed by atoms with Crippen LogP contribution in [-0.2, 0) is 0 Å². The molecule has 0 unspecified atom stereocenters. The van der Waals surface area contributed by atoms with Crippen LogP contribution in [0.15, 0.2) is 53.3 Å². The molecule has 0 aliphatic carbocycles. The molecule has 0 aliphatic heterocycles. The quantitative estimate of drug-likeness (QED) is 0.759. The predicted octanol–water partition coefficient (Wildman–Crippen LogP) is 4.10. The van der Waals surface area contributed by atoms with E-state index < -0.39 is 0 Å². The van der Waals surface area contributed by atoms with Gasteiger partial charge in [-0.25, -0.2) is 9.36 Å². The number of aromatic nitrogens is 2. The lowest BCUT2D eigenvalue weighted by Crippen LogP contribution is -2.14. The maximum atomic E-state index is 11.9. The van der Waals surface area contributed by atoms with Gasteiger partial charge < -0.3 is 14.8 Å². The van der Waals surface area contributed by atoms with Crippen molar-refractivity contribution >= 4 is 0 Å². The summed E-state index contributed by atoms with van der Waals surface area (Å²) in [6.45, 7) is 5.92. The third kappa shape index (κ3) is 3.06. The van der Waals surface area contributed by atoms with E-state index in [1.807, 2.05) is 18.2 Å². The summed E-state index contributed by atoms with van der Waals surface area (Å²) in [6.07, 6.45) is 0. The van der Waals surface area contributed by atoms with Crippen LogP contribution in [0, 0.1) is 6.92 Å². The second-order valence-corrected chi connectivity index (χ2v) is 6.04. The Morgan fingerprint density at radius 1 is 1.08 bits per heavy atom. The van der Waals surface area contributed by atoms with Crippen molar-refractivity contribution < 1.29 is 9.84 Å². The van der Waals surface area contributed by atoms with Crippen molar-refractivity contribution in [2.75, 3.05) is 0 Å². The monoisotopic (exact) mass is 324 g/mol. The van der Waals surface area contributed by atoms with Crippen molar-refractivity contribution in [3.63, 3.8) is 0 Å². The largest absolute Gasteiger partial charge is 0.493 e. The third-order valence-electron chi connectivity index (χ3n) is 3.90. The molecule has 0 fully saturated rings. The van der Waals surface area contributed by atoms with E-state index in [0.717, 1.165) is 5.75 Å². The molecule has 124 valence electrons. The van der Waals surface area contributed by atoms with Gasteiger partial charge in [0.25, 0.3) is 0 Å². The Bertz CT molecular complexity index is 905. The molecule has 0 bridgehead atoms. The first kappa shape index (κ1) is 15.9. The van der Waals surface area contributed by atoms with Crippen molar-refractivity contribution in [3.8, 4) is 23.1 Å². The predicted molar refractivity (Wildman–Crippen MR) is 93.4 cm³/mol. The minimum absolute atomic E-state index is 0.0849. The molecule has 3 rings (SSSR count). The Morgan fingerprint density at radius 3 is 2.38 bits per heavy atom. The highest BCUT2D eigenvalue weighted by atomic mass is 16.5. The molecule has 2 N–H and O–H groups in total. The summed E-state index contributed by atoms with van der Waals surface area (Å²) < 4.78 is 7.09. The molecule has 24 heavy (non-hydrogen) atoms. The van der Waals surface area contributed by atoms with E-state index in [0.29, 0.717) is 23.0 Å². The van der Waals surface area contributed by atoms with E-state index in [-0.39, 0.29) is 11.6 Å². The Kier molecular flexibility index (Phi) is 4.16. The number of imidazole rings is 1. The van der Waals surface area contributed by atoms with Crippen molar-refractivity contribution in [3.05, 3.63) is 70.3 Å². The second kappa shape index (κ2) is 6.28. The molecule has 0 radical (unpaired) electrons. The molecule has 5 heteroatoms. The average Bonchev–Trinajstić information content (AvgIpc) is 2.81. The van der Waals surface area contributed by atoms with Crippen molar-refractivity contribution in [1.82, 2.24) is 9.55 Å². The van der Waals surface area contributed by atoms with Gasteiger partial charge in [-0.3, -0.25) is 0 Å². The summed E-state index contributed by atoms with van der Waals surface area (Å²) in [5.41, 5.74) is 1.85. The van der Waals surface area contributed by atoms with E-state index in [2.05, 4.69) is 24.9 Å². The van der Waals surface area contributed by atoms with Crippen LogP contribution in [0.4, 0.5) is 0 Å². The van der Waals surface area contributed by atoms with Crippen LogP contribution in [0.25, 0.3) is 5.69 Å². The lowest BCUT2D eigenvalue weighted by atomic mass is 10.0. The smallest absolute Gasteiger partial charge is 0.333 e. The van der Waals surface area contributed by atoms with E-state index in [9.17, 15) is 9.90 Å². The number of aromatic hydroxyl groups is 1. The maximum Gasteiger partial charge on any atom is 0.333 e. The number of hydrogen-bond acceptors (Lipinski definition) is 3. The van der Waals surface area contributed by atoms with Crippen LogP contribution in [0.2, 0.25) is 0 Å². The number of hydrogen-bond donors (Lipinski definition) is 2. The van der Waals surface area contributed by atoms with Crippen LogP contribution in [0.1, 0.15) is 31.0 Å². The van der Waals surface area contributed by atoms with Crippen LogP contribution >= 0.6 is 0 Å². The average molecular weight is 324 g/mol. The summed E-state index contributed by atoms with van der Waals surface area (Å²) in [7, 11) is 0. The molecule has 0 amide bonds. The molecule has 1 aromatic heterocycles. The van der Waals surface area contributed by atoms with Gasteiger partial charge in [0, 0.05) is 0 Å². The van der Waals surface area contributed by atoms with Gasteiger partial charge in [-0.2, -0.15) is 0 Å². The molecule has 0 aliphatic rings. The Hall–Kier alpha value is -2.95. The number of nitrogens with one attached hydrogen (secondary N) is 1. The molecule has 0 saturated carbocycles. The SMILES string of the molecule is Cc1[nH]c(=O)n(-c2ccc(Oc3cccc(C(C)C)c3)cc2)c1O. The number of aromatic amines is 1. The highest BCUT2D eigenvalue weighted by molar-refractivity contribution is 5.43. The van der Waals surface area contributed by atoms with E-state index >= 15 is 0 Å². The minimum Gasteiger partial charge on any atom is -0.493 e. The Morgan fingerprint density at radius 2 is 1.79 bits per heavy atom. The van der Waals surface area contributed by atoms with Crippen molar-refractivity contribution in [1.29, 1.82) is 0 Å². The zero-order valence-electron chi connectivity index (χ0n) is 13.9. The third-order valence-corrected chi connectivity index (χ3v) is 3.90. The molecule has 5 nitrogen and oxygen atoms in total. The van der Waals surface area contributed by atoms with Crippen molar-refractivity contribution in [2.45, 2.75) is 26.7 Å². The highest BCUT2D eigenvalue weighted by Gasteiger charge is 2.11. The highest BCUT2D eigenvalue weighted by Crippen LogP contribution is 2.26. The molecular weight excluding hydrogens is 304 g/mol.